The number of hydrogen-bond donors (Lipinski definition) is 1. The Balaban J connectivity index is 2.08. The molecule has 0 aliphatic heterocycles. The maximum Gasteiger partial charge on any atom is 0.124 e. The highest BCUT2D eigenvalue weighted by Gasteiger charge is 2.05. The minimum absolute atomic E-state index is 0.227. The highest BCUT2D eigenvalue weighted by atomic mass is 79.9. The van der Waals surface area contributed by atoms with E-state index in [1.165, 1.54) is 6.07 Å². The number of benzene rings is 1. The summed E-state index contributed by atoms with van der Waals surface area (Å²) in [5.74, 6) is 0.740. The lowest BCUT2D eigenvalue weighted by atomic mass is 10.2. The number of imidazole rings is 1. The van der Waals surface area contributed by atoms with Crippen molar-refractivity contribution in [3.8, 4) is 0 Å². The summed E-state index contributed by atoms with van der Waals surface area (Å²) in [5, 5.41) is 3.32. The molecule has 0 atom stereocenters. The van der Waals surface area contributed by atoms with Crippen molar-refractivity contribution in [1.29, 1.82) is 0 Å². The van der Waals surface area contributed by atoms with Crippen molar-refractivity contribution in [2.75, 3.05) is 6.54 Å². The largest absolute Gasteiger partial charge is 0.329 e. The van der Waals surface area contributed by atoms with Gasteiger partial charge in [0.25, 0.3) is 0 Å². The van der Waals surface area contributed by atoms with Crippen molar-refractivity contribution in [1.82, 2.24) is 14.9 Å². The average molecular weight is 326 g/mol. The van der Waals surface area contributed by atoms with Gasteiger partial charge in [-0.25, -0.2) is 9.37 Å². The van der Waals surface area contributed by atoms with Crippen molar-refractivity contribution in [2.24, 2.45) is 0 Å². The highest BCUT2D eigenvalue weighted by Crippen LogP contribution is 2.16. The lowest BCUT2D eigenvalue weighted by Crippen LogP contribution is -2.18. The summed E-state index contributed by atoms with van der Waals surface area (Å²) in [7, 11) is 0. The van der Waals surface area contributed by atoms with Crippen LogP contribution in [0.15, 0.2) is 35.1 Å². The van der Waals surface area contributed by atoms with E-state index in [9.17, 15) is 4.39 Å². The highest BCUT2D eigenvalue weighted by molar-refractivity contribution is 9.10. The van der Waals surface area contributed by atoms with E-state index in [0.29, 0.717) is 6.54 Å². The Morgan fingerprint density at radius 2 is 2.21 bits per heavy atom. The molecule has 0 saturated carbocycles. The fraction of sp³-hybridized carbons (Fsp3) is 0.357. The predicted octanol–water partition coefficient (Wildman–Crippen LogP) is 3.33. The van der Waals surface area contributed by atoms with Gasteiger partial charge < -0.3 is 9.88 Å². The van der Waals surface area contributed by atoms with E-state index < -0.39 is 0 Å². The van der Waals surface area contributed by atoms with E-state index in [-0.39, 0.29) is 5.82 Å². The first-order valence-electron chi connectivity index (χ1n) is 6.34. The van der Waals surface area contributed by atoms with Crippen molar-refractivity contribution in [2.45, 2.75) is 26.4 Å². The second-order valence-corrected chi connectivity index (χ2v) is 5.34. The third kappa shape index (κ3) is 4.14. The first-order valence-corrected chi connectivity index (χ1v) is 7.14. The van der Waals surface area contributed by atoms with Gasteiger partial charge in [-0.15, -0.1) is 0 Å². The molecular formula is C14H17BrFN3. The fourth-order valence-corrected chi connectivity index (χ4v) is 2.44. The molecule has 19 heavy (non-hydrogen) atoms. The molecule has 1 heterocycles. The van der Waals surface area contributed by atoms with Crippen LogP contribution in [0.1, 0.15) is 24.7 Å². The van der Waals surface area contributed by atoms with Crippen molar-refractivity contribution < 1.29 is 4.39 Å². The third-order valence-corrected chi connectivity index (χ3v) is 3.24. The van der Waals surface area contributed by atoms with Crippen LogP contribution in [0.2, 0.25) is 0 Å². The number of rotatable bonds is 6. The number of nitrogens with zero attached hydrogens (tertiary/aromatic N) is 2. The SMILES string of the molecule is CCCNCc1nccn1Cc1cc(F)cc(Br)c1. The average Bonchev–Trinajstić information content (AvgIpc) is 2.76. The molecule has 102 valence electrons. The minimum Gasteiger partial charge on any atom is -0.329 e. The van der Waals surface area contributed by atoms with E-state index in [0.717, 1.165) is 35.4 Å². The molecule has 1 aromatic carbocycles. The van der Waals surface area contributed by atoms with Gasteiger partial charge in [-0.3, -0.25) is 0 Å². The number of aromatic nitrogens is 2. The number of hydrogen-bond acceptors (Lipinski definition) is 2. The zero-order valence-corrected chi connectivity index (χ0v) is 12.5. The van der Waals surface area contributed by atoms with Gasteiger partial charge in [0.1, 0.15) is 11.6 Å². The second-order valence-electron chi connectivity index (χ2n) is 4.43. The molecule has 0 spiro atoms. The van der Waals surface area contributed by atoms with Crippen LogP contribution in [0.25, 0.3) is 0 Å². The summed E-state index contributed by atoms with van der Waals surface area (Å²) in [6.07, 6.45) is 4.79. The standard InChI is InChI=1S/C14H17BrFN3/c1-2-3-17-9-14-18-4-5-19(14)10-11-6-12(15)8-13(16)7-11/h4-8,17H,2-3,9-10H2,1H3. The topological polar surface area (TPSA) is 29.9 Å². The molecule has 5 heteroatoms. The molecule has 3 nitrogen and oxygen atoms in total. The number of nitrogens with one attached hydrogen (secondary N) is 1. The lowest BCUT2D eigenvalue weighted by Gasteiger charge is -2.09. The smallest absolute Gasteiger partial charge is 0.124 e. The molecule has 0 fully saturated rings. The van der Waals surface area contributed by atoms with Crippen LogP contribution in [-0.2, 0) is 13.1 Å². The summed E-state index contributed by atoms with van der Waals surface area (Å²) in [4.78, 5) is 4.32. The van der Waals surface area contributed by atoms with Crippen LogP contribution in [-0.4, -0.2) is 16.1 Å². The predicted molar refractivity (Wildman–Crippen MR) is 77.4 cm³/mol. The first kappa shape index (κ1) is 14.2. The Morgan fingerprint density at radius 1 is 1.37 bits per heavy atom. The Labute approximate surface area is 121 Å². The van der Waals surface area contributed by atoms with E-state index in [2.05, 4.69) is 33.2 Å². The summed E-state index contributed by atoms with van der Waals surface area (Å²) >= 11 is 3.31. The second kappa shape index (κ2) is 6.82. The summed E-state index contributed by atoms with van der Waals surface area (Å²) in [6, 6.07) is 4.93. The van der Waals surface area contributed by atoms with Crippen molar-refractivity contribution in [3.63, 3.8) is 0 Å². The van der Waals surface area contributed by atoms with Gasteiger partial charge in [-0.2, -0.15) is 0 Å². The molecular weight excluding hydrogens is 309 g/mol. The van der Waals surface area contributed by atoms with Crippen molar-refractivity contribution in [3.05, 3.63) is 52.3 Å². The number of halogens is 2. The Bertz CT molecular complexity index is 519. The molecule has 0 amide bonds. The van der Waals surface area contributed by atoms with E-state index in [1.807, 2.05) is 16.8 Å². The Hall–Kier alpha value is -1.20. The third-order valence-electron chi connectivity index (χ3n) is 2.79. The van der Waals surface area contributed by atoms with Gasteiger partial charge in [0.2, 0.25) is 0 Å². The van der Waals surface area contributed by atoms with E-state index in [4.69, 9.17) is 0 Å². The van der Waals surface area contributed by atoms with Crippen LogP contribution >= 0.6 is 15.9 Å². The van der Waals surface area contributed by atoms with E-state index in [1.54, 1.807) is 12.3 Å². The molecule has 1 aromatic heterocycles. The van der Waals surface area contributed by atoms with Gasteiger partial charge in [0.05, 0.1) is 6.54 Å². The fourth-order valence-electron chi connectivity index (χ4n) is 1.93. The van der Waals surface area contributed by atoms with Gasteiger partial charge in [0.15, 0.2) is 0 Å². The van der Waals surface area contributed by atoms with Crippen LogP contribution in [0.5, 0.6) is 0 Å². The molecule has 0 aliphatic carbocycles. The zero-order valence-electron chi connectivity index (χ0n) is 10.9. The molecule has 1 N–H and O–H groups in total. The van der Waals surface area contributed by atoms with Crippen LogP contribution in [0.3, 0.4) is 0 Å². The maximum atomic E-state index is 13.3. The summed E-state index contributed by atoms with van der Waals surface area (Å²) < 4.78 is 16.1. The van der Waals surface area contributed by atoms with Crippen molar-refractivity contribution >= 4 is 15.9 Å². The van der Waals surface area contributed by atoms with E-state index >= 15 is 0 Å². The maximum absolute atomic E-state index is 13.3. The Morgan fingerprint density at radius 3 is 2.95 bits per heavy atom. The molecule has 0 aliphatic rings. The monoisotopic (exact) mass is 325 g/mol. The summed E-state index contributed by atoms with van der Waals surface area (Å²) in [5.41, 5.74) is 0.918. The van der Waals surface area contributed by atoms with Gasteiger partial charge in [-0.05, 0) is 36.7 Å². The quantitative estimate of drug-likeness (QED) is 0.825. The van der Waals surface area contributed by atoms with Crippen LogP contribution < -0.4 is 5.32 Å². The molecule has 2 aromatic rings. The molecule has 0 radical (unpaired) electrons. The molecule has 0 saturated heterocycles. The first-order chi connectivity index (χ1) is 9.19. The van der Waals surface area contributed by atoms with Crippen LogP contribution in [0, 0.1) is 5.82 Å². The van der Waals surface area contributed by atoms with Crippen LogP contribution in [0.4, 0.5) is 4.39 Å². The zero-order chi connectivity index (χ0) is 13.7. The molecule has 2 rings (SSSR count). The van der Waals surface area contributed by atoms with Gasteiger partial charge in [0, 0.05) is 23.4 Å². The Kier molecular flexibility index (Phi) is 5.10. The lowest BCUT2D eigenvalue weighted by molar-refractivity contribution is 0.607. The summed E-state index contributed by atoms with van der Waals surface area (Å²) in [6.45, 7) is 4.46. The minimum atomic E-state index is -0.227. The normalized spacial score (nSPS) is 10.9. The molecule has 0 bridgehead atoms. The van der Waals surface area contributed by atoms with Gasteiger partial charge in [-0.1, -0.05) is 22.9 Å². The van der Waals surface area contributed by atoms with Gasteiger partial charge >= 0.3 is 0 Å². The molecule has 0 unspecified atom stereocenters.